The number of primary amides is 1. The zero-order valence-electron chi connectivity index (χ0n) is 24.8. The van der Waals surface area contributed by atoms with Gasteiger partial charge in [0.2, 0.25) is 5.91 Å². The second-order valence-electron chi connectivity index (χ2n) is 14.2. The molecule has 5 rings (SSSR count). The Balaban J connectivity index is 1.54. The van der Waals surface area contributed by atoms with Crippen LogP contribution in [0.25, 0.3) is 0 Å². The molecule has 2 unspecified atom stereocenters. The SMILES string of the molecule is CN(C)[C@@H]1C(=O)C(C(N)=O)C(=O)[C@@]2(O)C(=O)C3C(=O)c4c(O)cc(CN(CC5CC5)CC(C)(C)C)c(Cl)c4C[C@H]3C[C@@H]12. The van der Waals surface area contributed by atoms with Crippen molar-refractivity contribution in [3.63, 3.8) is 0 Å². The van der Waals surface area contributed by atoms with Crippen LogP contribution in [0.4, 0.5) is 0 Å². The lowest BCUT2D eigenvalue weighted by molar-refractivity contribution is -0.181. The molecule has 0 radical (unpaired) electrons. The molecule has 3 fully saturated rings. The number of carbonyl (C=O) groups is 5. The van der Waals surface area contributed by atoms with Crippen LogP contribution in [0.2, 0.25) is 5.02 Å². The molecule has 1 amide bonds. The lowest BCUT2D eigenvalue weighted by Crippen LogP contribution is -2.74. The van der Waals surface area contributed by atoms with Crippen LogP contribution in [0.1, 0.15) is 61.5 Å². The van der Waals surface area contributed by atoms with E-state index in [2.05, 4.69) is 25.7 Å². The van der Waals surface area contributed by atoms with Gasteiger partial charge in [0.15, 0.2) is 34.7 Å². The second kappa shape index (κ2) is 10.5. The number of nitrogens with two attached hydrogens (primary N) is 1. The van der Waals surface area contributed by atoms with E-state index in [1.165, 1.54) is 23.8 Å². The van der Waals surface area contributed by atoms with Crippen LogP contribution < -0.4 is 5.73 Å². The molecule has 0 aliphatic heterocycles. The van der Waals surface area contributed by atoms with Crippen LogP contribution in [0, 0.1) is 35.0 Å². The number of halogens is 1. The van der Waals surface area contributed by atoms with E-state index in [0.717, 1.165) is 13.1 Å². The van der Waals surface area contributed by atoms with Crippen molar-refractivity contribution in [1.29, 1.82) is 0 Å². The van der Waals surface area contributed by atoms with Crippen molar-refractivity contribution in [2.45, 2.75) is 64.6 Å². The van der Waals surface area contributed by atoms with E-state index in [1.807, 2.05) is 0 Å². The molecule has 10 nitrogen and oxygen atoms in total. The highest BCUT2D eigenvalue weighted by atomic mass is 35.5. The first kappa shape index (κ1) is 30.8. The Bertz CT molecular complexity index is 1380. The third kappa shape index (κ3) is 5.00. The molecule has 0 aromatic heterocycles. The fourth-order valence-electron chi connectivity index (χ4n) is 7.58. The van der Waals surface area contributed by atoms with Gasteiger partial charge >= 0.3 is 0 Å². The summed E-state index contributed by atoms with van der Waals surface area (Å²) in [5.74, 6) is -10.0. The summed E-state index contributed by atoms with van der Waals surface area (Å²) in [4.78, 5) is 70.4. The average Bonchev–Trinajstić information content (AvgIpc) is 3.67. The van der Waals surface area contributed by atoms with Gasteiger partial charge in [-0.3, -0.25) is 33.8 Å². The van der Waals surface area contributed by atoms with E-state index in [1.54, 1.807) is 14.1 Å². The van der Waals surface area contributed by atoms with Crippen molar-refractivity contribution >= 4 is 40.6 Å². The summed E-state index contributed by atoms with van der Waals surface area (Å²) in [5, 5.41) is 23.2. The van der Waals surface area contributed by atoms with Gasteiger partial charge in [0.25, 0.3) is 0 Å². The summed E-state index contributed by atoms with van der Waals surface area (Å²) in [5.41, 5.74) is 3.69. The van der Waals surface area contributed by atoms with E-state index >= 15 is 0 Å². The quantitative estimate of drug-likeness (QED) is 0.396. The molecule has 0 bridgehead atoms. The smallest absolute Gasteiger partial charge is 0.235 e. The van der Waals surface area contributed by atoms with Gasteiger partial charge in [0.1, 0.15) is 5.75 Å². The van der Waals surface area contributed by atoms with Crippen molar-refractivity contribution in [3.8, 4) is 5.75 Å². The Hall–Kier alpha value is -2.66. The summed E-state index contributed by atoms with van der Waals surface area (Å²) >= 11 is 6.95. The highest BCUT2D eigenvalue weighted by Gasteiger charge is 2.69. The van der Waals surface area contributed by atoms with Crippen LogP contribution in [-0.4, -0.2) is 87.9 Å². The van der Waals surface area contributed by atoms with Crippen LogP contribution >= 0.6 is 11.6 Å². The van der Waals surface area contributed by atoms with Gasteiger partial charge in [-0.1, -0.05) is 32.4 Å². The monoisotopic (exact) mass is 601 g/mol. The average molecular weight is 602 g/mol. The molecular weight excluding hydrogens is 562 g/mol. The van der Waals surface area contributed by atoms with E-state index in [9.17, 15) is 34.2 Å². The summed E-state index contributed by atoms with van der Waals surface area (Å²) < 4.78 is 0. The molecule has 4 N–H and O–H groups in total. The van der Waals surface area contributed by atoms with Gasteiger partial charge < -0.3 is 15.9 Å². The molecule has 1 aromatic carbocycles. The first-order valence-electron chi connectivity index (χ1n) is 14.6. The van der Waals surface area contributed by atoms with Crippen molar-refractivity contribution in [2.75, 3.05) is 27.2 Å². The van der Waals surface area contributed by atoms with Crippen LogP contribution in [-0.2, 0) is 32.1 Å². The number of benzene rings is 1. The number of likely N-dealkylation sites (N-methyl/N-ethyl adjacent to an activating group) is 1. The molecule has 0 saturated heterocycles. The Morgan fingerprint density at radius 1 is 1.14 bits per heavy atom. The van der Waals surface area contributed by atoms with E-state index < -0.39 is 64.4 Å². The fourth-order valence-corrected chi connectivity index (χ4v) is 7.87. The predicted octanol–water partition coefficient (Wildman–Crippen LogP) is 1.78. The molecule has 0 spiro atoms. The third-order valence-corrected chi connectivity index (χ3v) is 9.85. The standard InChI is InChI=1S/C31H40ClN3O7/c1-30(2,3)13-35(11-14-6-7-14)12-16-10-19(36)21-17(23(16)32)8-15-9-18-24(34(4)5)26(38)22(29(33)41)28(40)31(18,42)27(39)20(15)25(21)37/h10,14-15,18,20,22,24,36,42H,6-9,11-13H2,1-5H3,(H2,33,41)/t15-,18-,20?,22?,24-,31-/m0/s1. The molecule has 11 heteroatoms. The summed E-state index contributed by atoms with van der Waals surface area (Å²) in [7, 11) is 3.11. The van der Waals surface area contributed by atoms with Gasteiger partial charge in [0, 0.05) is 30.6 Å². The third-order valence-electron chi connectivity index (χ3n) is 9.37. The Morgan fingerprint density at radius 3 is 2.33 bits per heavy atom. The number of carbonyl (C=O) groups excluding carboxylic acids is 5. The van der Waals surface area contributed by atoms with Crippen molar-refractivity contribution in [2.24, 2.45) is 40.7 Å². The number of hydrogen-bond donors (Lipinski definition) is 3. The summed E-state index contributed by atoms with van der Waals surface area (Å²) in [6, 6.07) is 0.331. The number of aliphatic hydroxyl groups is 1. The maximum Gasteiger partial charge on any atom is 0.235 e. The van der Waals surface area contributed by atoms with Crippen molar-refractivity contribution in [1.82, 2.24) is 9.80 Å². The van der Waals surface area contributed by atoms with Crippen LogP contribution in [0.5, 0.6) is 5.75 Å². The Kier molecular flexibility index (Phi) is 7.70. The number of hydrogen-bond acceptors (Lipinski definition) is 9. The van der Waals surface area contributed by atoms with Gasteiger partial charge in [-0.2, -0.15) is 0 Å². The molecule has 6 atom stereocenters. The first-order chi connectivity index (χ1) is 19.5. The van der Waals surface area contributed by atoms with Gasteiger partial charge in [0.05, 0.1) is 17.5 Å². The summed E-state index contributed by atoms with van der Waals surface area (Å²) in [6.45, 7) is 8.68. The molecule has 1 aromatic rings. The lowest BCUT2D eigenvalue weighted by Gasteiger charge is -2.52. The minimum absolute atomic E-state index is 0.0109. The fraction of sp³-hybridized carbons (Fsp3) is 0.645. The van der Waals surface area contributed by atoms with Gasteiger partial charge in [-0.15, -0.1) is 0 Å². The molecule has 3 saturated carbocycles. The zero-order chi connectivity index (χ0) is 31.0. The number of ketones is 4. The number of Topliss-reactive ketones (excluding diaryl/α,β-unsaturated/α-hetero) is 4. The maximum atomic E-state index is 13.9. The van der Waals surface area contributed by atoms with E-state index in [-0.39, 0.29) is 29.6 Å². The summed E-state index contributed by atoms with van der Waals surface area (Å²) in [6.07, 6.45) is 2.50. The number of fused-ring (bicyclic) bond motifs is 3. The minimum atomic E-state index is -2.74. The molecular formula is C31H40ClN3O7. The molecule has 4 aliphatic rings. The molecule has 42 heavy (non-hydrogen) atoms. The molecule has 0 heterocycles. The number of phenols is 1. The van der Waals surface area contributed by atoms with Gasteiger partial charge in [-0.05, 0) is 74.2 Å². The number of phenolic OH excluding ortho intramolecular Hbond substituents is 1. The highest BCUT2D eigenvalue weighted by Crippen LogP contribution is 2.52. The number of rotatable bonds is 7. The second-order valence-corrected chi connectivity index (χ2v) is 14.6. The van der Waals surface area contributed by atoms with Crippen molar-refractivity contribution in [3.05, 3.63) is 27.8 Å². The largest absolute Gasteiger partial charge is 0.507 e. The number of amides is 1. The topological polar surface area (TPSA) is 158 Å². The Morgan fingerprint density at radius 2 is 1.79 bits per heavy atom. The molecule has 228 valence electrons. The first-order valence-corrected chi connectivity index (χ1v) is 14.9. The normalized spacial score (nSPS) is 31.3. The Labute approximate surface area is 250 Å². The minimum Gasteiger partial charge on any atom is -0.507 e. The lowest BCUT2D eigenvalue weighted by atomic mass is 9.52. The number of nitrogens with zero attached hydrogens (tertiary/aromatic N) is 2. The zero-order valence-corrected chi connectivity index (χ0v) is 25.5. The molecule has 4 aliphatic carbocycles. The van der Waals surface area contributed by atoms with Crippen LogP contribution in [0.3, 0.4) is 0 Å². The van der Waals surface area contributed by atoms with E-state index in [4.69, 9.17) is 17.3 Å². The highest BCUT2D eigenvalue weighted by molar-refractivity contribution is 6.34. The predicted molar refractivity (Wildman–Crippen MR) is 154 cm³/mol. The van der Waals surface area contributed by atoms with Crippen molar-refractivity contribution < 1.29 is 34.2 Å². The maximum absolute atomic E-state index is 13.9. The van der Waals surface area contributed by atoms with E-state index in [0.29, 0.717) is 28.6 Å². The van der Waals surface area contributed by atoms with Gasteiger partial charge in [-0.25, -0.2) is 0 Å². The number of aromatic hydroxyl groups is 1. The van der Waals surface area contributed by atoms with Crippen LogP contribution in [0.15, 0.2) is 6.07 Å².